The number of para-hydroxylation sites is 1. The molecule has 1 heterocycles. The number of nitrogens with one attached hydrogen (secondary N) is 2. The summed E-state index contributed by atoms with van der Waals surface area (Å²) in [6.45, 7) is 4.23. The van der Waals surface area contributed by atoms with Crippen LogP contribution >= 0.6 is 11.6 Å². The Labute approximate surface area is 225 Å². The topological polar surface area (TPSA) is 105 Å². The Kier molecular flexibility index (Phi) is 8.23. The van der Waals surface area contributed by atoms with Crippen molar-refractivity contribution in [2.24, 2.45) is 0 Å². The first kappa shape index (κ1) is 26.6. The Bertz CT molecular complexity index is 1410. The van der Waals surface area contributed by atoms with Crippen LogP contribution in [0, 0.1) is 6.92 Å². The summed E-state index contributed by atoms with van der Waals surface area (Å²) < 4.78 is 5.18. The van der Waals surface area contributed by atoms with Crippen molar-refractivity contribution in [2.75, 3.05) is 22.1 Å². The second-order valence-corrected chi connectivity index (χ2v) is 9.02. The second kappa shape index (κ2) is 11.7. The predicted octanol–water partition coefficient (Wildman–Crippen LogP) is 5.64. The first-order chi connectivity index (χ1) is 18.3. The summed E-state index contributed by atoms with van der Waals surface area (Å²) >= 11 is 6.22. The number of carbonyl (C=O) groups is 4. The fourth-order valence-corrected chi connectivity index (χ4v) is 3.95. The average molecular weight is 532 g/mol. The van der Waals surface area contributed by atoms with Gasteiger partial charge in [0.05, 0.1) is 17.9 Å². The summed E-state index contributed by atoms with van der Waals surface area (Å²) in [7, 11) is 0. The number of unbranched alkanes of at least 4 members (excludes halogenated alkanes) is 1. The molecule has 2 N–H and O–H groups in total. The number of anilines is 3. The minimum atomic E-state index is -0.688. The Morgan fingerprint density at radius 3 is 2.21 bits per heavy atom. The van der Waals surface area contributed by atoms with E-state index < -0.39 is 17.8 Å². The average Bonchev–Trinajstić information content (AvgIpc) is 3.13. The van der Waals surface area contributed by atoms with Gasteiger partial charge in [-0.25, -0.2) is 9.69 Å². The number of carbonyl (C=O) groups excluding carboxylic acids is 4. The first-order valence-corrected chi connectivity index (χ1v) is 12.5. The molecule has 0 atom stereocenters. The van der Waals surface area contributed by atoms with Crippen LogP contribution in [0.25, 0.3) is 0 Å². The van der Waals surface area contributed by atoms with Crippen LogP contribution in [0.5, 0.6) is 0 Å². The largest absolute Gasteiger partial charge is 0.462 e. The molecule has 1 aliphatic heterocycles. The SMILES string of the molecule is CCCCOC(=O)c1ccc(N2C(=O)C(Cl)=C(Nc3ccc(C(=O)Nc4ccccc4C)cc3)C2=O)cc1. The maximum Gasteiger partial charge on any atom is 0.338 e. The molecule has 194 valence electrons. The molecular formula is C29H26ClN3O5. The van der Waals surface area contributed by atoms with Gasteiger partial charge in [-0.3, -0.25) is 14.4 Å². The molecule has 3 aromatic carbocycles. The number of imide groups is 1. The highest BCUT2D eigenvalue weighted by molar-refractivity contribution is 6.53. The van der Waals surface area contributed by atoms with Gasteiger partial charge in [-0.2, -0.15) is 0 Å². The summed E-state index contributed by atoms with van der Waals surface area (Å²) in [6.07, 6.45) is 1.67. The minimum absolute atomic E-state index is 0.0863. The molecule has 38 heavy (non-hydrogen) atoms. The van der Waals surface area contributed by atoms with E-state index in [0.29, 0.717) is 29.1 Å². The predicted molar refractivity (Wildman–Crippen MR) is 146 cm³/mol. The van der Waals surface area contributed by atoms with Crippen molar-refractivity contribution in [3.63, 3.8) is 0 Å². The van der Waals surface area contributed by atoms with Crippen LogP contribution in [-0.2, 0) is 14.3 Å². The zero-order valence-corrected chi connectivity index (χ0v) is 21.7. The lowest BCUT2D eigenvalue weighted by atomic mass is 10.1. The van der Waals surface area contributed by atoms with Crippen molar-refractivity contribution in [1.82, 2.24) is 0 Å². The van der Waals surface area contributed by atoms with Gasteiger partial charge in [0.25, 0.3) is 17.7 Å². The van der Waals surface area contributed by atoms with Gasteiger partial charge in [-0.1, -0.05) is 43.1 Å². The monoisotopic (exact) mass is 531 g/mol. The van der Waals surface area contributed by atoms with Gasteiger partial charge in [-0.05, 0) is 73.5 Å². The van der Waals surface area contributed by atoms with Crippen molar-refractivity contribution in [2.45, 2.75) is 26.7 Å². The Hall–Kier alpha value is -4.43. The number of aryl methyl sites for hydroxylation is 1. The third-order valence-electron chi connectivity index (χ3n) is 5.93. The van der Waals surface area contributed by atoms with E-state index in [1.807, 2.05) is 38.1 Å². The van der Waals surface area contributed by atoms with Crippen LogP contribution in [0.1, 0.15) is 46.0 Å². The van der Waals surface area contributed by atoms with Crippen LogP contribution in [-0.4, -0.2) is 30.3 Å². The van der Waals surface area contributed by atoms with E-state index in [0.717, 1.165) is 23.3 Å². The molecule has 0 aliphatic carbocycles. The van der Waals surface area contributed by atoms with E-state index in [4.69, 9.17) is 16.3 Å². The molecule has 3 aromatic rings. The number of nitrogens with zero attached hydrogens (tertiary/aromatic N) is 1. The molecule has 3 amide bonds. The molecular weight excluding hydrogens is 506 g/mol. The molecule has 0 saturated heterocycles. The molecule has 0 radical (unpaired) electrons. The maximum absolute atomic E-state index is 13.1. The van der Waals surface area contributed by atoms with Crippen molar-refractivity contribution in [1.29, 1.82) is 0 Å². The standard InChI is InChI=1S/C29H26ClN3O5/c1-3-4-17-38-29(37)20-11-15-22(16-12-20)33-27(35)24(30)25(28(33)36)31-21-13-9-19(10-14-21)26(34)32-23-8-6-5-7-18(23)2/h5-16,31H,3-4,17H2,1-2H3,(H,32,34). The van der Waals surface area contributed by atoms with Gasteiger partial charge in [-0.15, -0.1) is 0 Å². The molecule has 4 rings (SSSR count). The van der Waals surface area contributed by atoms with Crippen LogP contribution in [0.4, 0.5) is 17.1 Å². The molecule has 0 saturated carbocycles. The molecule has 1 aliphatic rings. The van der Waals surface area contributed by atoms with Crippen LogP contribution < -0.4 is 15.5 Å². The van der Waals surface area contributed by atoms with Gasteiger partial charge in [0.2, 0.25) is 0 Å². The number of amides is 3. The van der Waals surface area contributed by atoms with Gasteiger partial charge in [0.15, 0.2) is 0 Å². The molecule has 0 spiro atoms. The highest BCUT2D eigenvalue weighted by atomic mass is 35.5. The van der Waals surface area contributed by atoms with E-state index in [2.05, 4.69) is 10.6 Å². The summed E-state index contributed by atoms with van der Waals surface area (Å²) in [6, 6.07) is 19.8. The lowest BCUT2D eigenvalue weighted by molar-refractivity contribution is -0.120. The van der Waals surface area contributed by atoms with Gasteiger partial charge < -0.3 is 15.4 Å². The lowest BCUT2D eigenvalue weighted by Crippen LogP contribution is -2.32. The zero-order valence-electron chi connectivity index (χ0n) is 20.9. The van der Waals surface area contributed by atoms with Crippen molar-refractivity contribution >= 4 is 52.4 Å². The Balaban J connectivity index is 1.43. The van der Waals surface area contributed by atoms with Crippen LogP contribution in [0.15, 0.2) is 83.5 Å². The third kappa shape index (κ3) is 5.76. The second-order valence-electron chi connectivity index (χ2n) is 8.64. The van der Waals surface area contributed by atoms with E-state index in [-0.39, 0.29) is 22.3 Å². The highest BCUT2D eigenvalue weighted by Gasteiger charge is 2.39. The van der Waals surface area contributed by atoms with Gasteiger partial charge in [0, 0.05) is 16.9 Å². The molecule has 0 fully saturated rings. The molecule has 9 heteroatoms. The minimum Gasteiger partial charge on any atom is -0.462 e. The Morgan fingerprint density at radius 2 is 1.55 bits per heavy atom. The summed E-state index contributed by atoms with van der Waals surface area (Å²) in [5.74, 6) is -2.08. The number of esters is 1. The quantitative estimate of drug-likeness (QED) is 0.210. The molecule has 0 bridgehead atoms. The highest BCUT2D eigenvalue weighted by Crippen LogP contribution is 2.30. The smallest absolute Gasteiger partial charge is 0.338 e. The van der Waals surface area contributed by atoms with Crippen molar-refractivity contribution < 1.29 is 23.9 Å². The first-order valence-electron chi connectivity index (χ1n) is 12.1. The number of benzene rings is 3. The zero-order chi connectivity index (χ0) is 27.2. The van der Waals surface area contributed by atoms with E-state index in [9.17, 15) is 19.2 Å². The summed E-state index contributed by atoms with van der Waals surface area (Å²) in [5, 5.41) is 5.48. The van der Waals surface area contributed by atoms with Gasteiger partial charge in [0.1, 0.15) is 10.7 Å². The lowest BCUT2D eigenvalue weighted by Gasteiger charge is -2.15. The Morgan fingerprint density at radius 1 is 0.895 bits per heavy atom. The number of ether oxygens (including phenoxy) is 1. The van der Waals surface area contributed by atoms with Crippen molar-refractivity contribution in [3.05, 3.63) is 100 Å². The van der Waals surface area contributed by atoms with Crippen LogP contribution in [0.2, 0.25) is 0 Å². The van der Waals surface area contributed by atoms with E-state index in [1.165, 1.54) is 24.3 Å². The fourth-order valence-electron chi connectivity index (χ4n) is 3.74. The van der Waals surface area contributed by atoms with Crippen LogP contribution in [0.3, 0.4) is 0 Å². The van der Waals surface area contributed by atoms with E-state index >= 15 is 0 Å². The number of hydrogen-bond donors (Lipinski definition) is 2. The fraction of sp³-hybridized carbons (Fsp3) is 0.172. The van der Waals surface area contributed by atoms with Crippen molar-refractivity contribution in [3.8, 4) is 0 Å². The maximum atomic E-state index is 13.1. The third-order valence-corrected chi connectivity index (χ3v) is 6.28. The normalized spacial score (nSPS) is 13.1. The molecule has 8 nitrogen and oxygen atoms in total. The molecule has 0 unspecified atom stereocenters. The summed E-state index contributed by atoms with van der Waals surface area (Å²) in [4.78, 5) is 51.5. The summed E-state index contributed by atoms with van der Waals surface area (Å²) in [5.41, 5.74) is 3.04. The number of hydrogen-bond acceptors (Lipinski definition) is 6. The van der Waals surface area contributed by atoms with Gasteiger partial charge >= 0.3 is 5.97 Å². The number of rotatable bonds is 9. The number of halogens is 1. The molecule has 0 aromatic heterocycles. The van der Waals surface area contributed by atoms with E-state index in [1.54, 1.807) is 24.3 Å².